The molecule has 1 unspecified atom stereocenters. The van der Waals surface area contributed by atoms with Crippen LogP contribution in [0.5, 0.6) is 0 Å². The zero-order valence-corrected chi connectivity index (χ0v) is 10.4. The number of aryl methyl sites for hydroxylation is 1. The molecule has 3 heteroatoms. The van der Waals surface area contributed by atoms with Gasteiger partial charge in [0.25, 0.3) is 0 Å². The van der Waals surface area contributed by atoms with Crippen molar-refractivity contribution in [2.75, 3.05) is 0 Å². The Bertz CT molecular complexity index is 508. The van der Waals surface area contributed by atoms with Gasteiger partial charge < -0.3 is 5.73 Å². The van der Waals surface area contributed by atoms with Crippen LogP contribution in [0.2, 0.25) is 0 Å². The van der Waals surface area contributed by atoms with Gasteiger partial charge in [-0.25, -0.2) is 4.39 Å². The van der Waals surface area contributed by atoms with Gasteiger partial charge in [0.1, 0.15) is 5.82 Å². The van der Waals surface area contributed by atoms with Crippen LogP contribution in [0.1, 0.15) is 29.8 Å². The Morgan fingerprint density at radius 3 is 2.61 bits per heavy atom. The number of hydrogen-bond donors (Lipinski definition) is 1. The second-order valence-electron chi connectivity index (χ2n) is 4.34. The minimum absolute atomic E-state index is 0.147. The molecule has 1 aromatic carbocycles. The highest BCUT2D eigenvalue weighted by molar-refractivity contribution is 5.25. The standard InChI is InChI=1S/C15H17FN2/c1-2-12-4-3-9-18-15(12)14(17)10-11-5-7-13(16)8-6-11/h3-9,14H,2,10,17H2,1H3. The molecule has 0 saturated heterocycles. The molecular formula is C15H17FN2. The van der Waals surface area contributed by atoms with E-state index in [9.17, 15) is 4.39 Å². The third kappa shape index (κ3) is 2.93. The van der Waals surface area contributed by atoms with Crippen LogP contribution in [0.15, 0.2) is 42.6 Å². The average molecular weight is 244 g/mol. The highest BCUT2D eigenvalue weighted by Crippen LogP contribution is 2.18. The van der Waals surface area contributed by atoms with Gasteiger partial charge in [0, 0.05) is 6.20 Å². The molecule has 0 spiro atoms. The van der Waals surface area contributed by atoms with Crippen LogP contribution in [0.25, 0.3) is 0 Å². The van der Waals surface area contributed by atoms with Gasteiger partial charge >= 0.3 is 0 Å². The van der Waals surface area contributed by atoms with E-state index in [4.69, 9.17) is 5.73 Å². The molecular weight excluding hydrogens is 227 g/mol. The fourth-order valence-electron chi connectivity index (χ4n) is 2.05. The van der Waals surface area contributed by atoms with Crippen molar-refractivity contribution in [3.05, 3.63) is 65.2 Å². The Morgan fingerprint density at radius 2 is 1.94 bits per heavy atom. The van der Waals surface area contributed by atoms with E-state index in [2.05, 4.69) is 11.9 Å². The first-order valence-electron chi connectivity index (χ1n) is 6.14. The van der Waals surface area contributed by atoms with Crippen molar-refractivity contribution in [2.24, 2.45) is 5.73 Å². The summed E-state index contributed by atoms with van der Waals surface area (Å²) >= 11 is 0. The summed E-state index contributed by atoms with van der Waals surface area (Å²) in [5.41, 5.74) is 9.32. The summed E-state index contributed by atoms with van der Waals surface area (Å²) in [6.07, 6.45) is 3.35. The molecule has 0 bridgehead atoms. The summed E-state index contributed by atoms with van der Waals surface area (Å²) in [5, 5.41) is 0. The molecule has 2 nitrogen and oxygen atoms in total. The number of rotatable bonds is 4. The maximum absolute atomic E-state index is 12.8. The average Bonchev–Trinajstić information content (AvgIpc) is 2.41. The molecule has 0 aliphatic rings. The summed E-state index contributed by atoms with van der Waals surface area (Å²) in [4.78, 5) is 4.36. The molecule has 0 saturated carbocycles. The van der Waals surface area contributed by atoms with Gasteiger partial charge in [-0.3, -0.25) is 4.98 Å². The molecule has 2 aromatic rings. The lowest BCUT2D eigenvalue weighted by molar-refractivity contribution is 0.625. The van der Waals surface area contributed by atoms with E-state index in [1.165, 1.54) is 17.7 Å². The van der Waals surface area contributed by atoms with E-state index in [0.29, 0.717) is 6.42 Å². The van der Waals surface area contributed by atoms with Gasteiger partial charge in [-0.1, -0.05) is 25.1 Å². The molecule has 18 heavy (non-hydrogen) atoms. The number of nitrogens with two attached hydrogens (primary N) is 1. The Morgan fingerprint density at radius 1 is 1.22 bits per heavy atom. The van der Waals surface area contributed by atoms with E-state index in [0.717, 1.165) is 17.7 Å². The van der Waals surface area contributed by atoms with Crippen molar-refractivity contribution >= 4 is 0 Å². The molecule has 0 aliphatic carbocycles. The number of nitrogens with zero attached hydrogens (tertiary/aromatic N) is 1. The van der Waals surface area contributed by atoms with E-state index in [1.54, 1.807) is 18.3 Å². The van der Waals surface area contributed by atoms with Crippen molar-refractivity contribution in [3.8, 4) is 0 Å². The van der Waals surface area contributed by atoms with E-state index in [1.807, 2.05) is 12.1 Å². The topological polar surface area (TPSA) is 38.9 Å². The number of hydrogen-bond acceptors (Lipinski definition) is 2. The molecule has 1 atom stereocenters. The molecule has 0 fully saturated rings. The van der Waals surface area contributed by atoms with Crippen LogP contribution in [0.4, 0.5) is 4.39 Å². The van der Waals surface area contributed by atoms with Crippen LogP contribution in [-0.2, 0) is 12.8 Å². The molecule has 0 amide bonds. The minimum atomic E-state index is -0.223. The van der Waals surface area contributed by atoms with Gasteiger partial charge in [0.05, 0.1) is 11.7 Å². The Labute approximate surface area is 107 Å². The van der Waals surface area contributed by atoms with Gasteiger partial charge in [-0.2, -0.15) is 0 Å². The van der Waals surface area contributed by atoms with Gasteiger partial charge in [0.2, 0.25) is 0 Å². The Balaban J connectivity index is 2.16. The lowest BCUT2D eigenvalue weighted by Crippen LogP contribution is -2.17. The van der Waals surface area contributed by atoms with Crippen LogP contribution in [0.3, 0.4) is 0 Å². The Kier molecular flexibility index (Phi) is 4.05. The molecule has 0 aliphatic heterocycles. The second kappa shape index (κ2) is 5.74. The van der Waals surface area contributed by atoms with Crippen LogP contribution in [0, 0.1) is 5.82 Å². The van der Waals surface area contributed by atoms with Gasteiger partial charge in [-0.15, -0.1) is 0 Å². The van der Waals surface area contributed by atoms with Crippen LogP contribution in [-0.4, -0.2) is 4.98 Å². The number of aromatic nitrogens is 1. The summed E-state index contributed by atoms with van der Waals surface area (Å²) in [6.45, 7) is 2.09. The first-order chi connectivity index (χ1) is 8.70. The second-order valence-corrected chi connectivity index (χ2v) is 4.34. The number of halogens is 1. The molecule has 1 heterocycles. The highest BCUT2D eigenvalue weighted by Gasteiger charge is 2.12. The number of benzene rings is 1. The fourth-order valence-corrected chi connectivity index (χ4v) is 2.05. The first-order valence-corrected chi connectivity index (χ1v) is 6.14. The van der Waals surface area contributed by atoms with Crippen molar-refractivity contribution in [1.29, 1.82) is 0 Å². The van der Waals surface area contributed by atoms with E-state index < -0.39 is 0 Å². The first kappa shape index (κ1) is 12.7. The lowest BCUT2D eigenvalue weighted by Gasteiger charge is -2.14. The fraction of sp³-hybridized carbons (Fsp3) is 0.267. The van der Waals surface area contributed by atoms with Crippen molar-refractivity contribution in [1.82, 2.24) is 4.98 Å². The summed E-state index contributed by atoms with van der Waals surface area (Å²) in [7, 11) is 0. The monoisotopic (exact) mass is 244 g/mol. The van der Waals surface area contributed by atoms with Crippen LogP contribution >= 0.6 is 0 Å². The van der Waals surface area contributed by atoms with Crippen molar-refractivity contribution in [3.63, 3.8) is 0 Å². The van der Waals surface area contributed by atoms with Gasteiger partial charge in [0.15, 0.2) is 0 Å². The van der Waals surface area contributed by atoms with Crippen LogP contribution < -0.4 is 5.73 Å². The third-order valence-corrected chi connectivity index (χ3v) is 3.03. The normalized spacial score (nSPS) is 12.4. The van der Waals surface area contributed by atoms with Gasteiger partial charge in [-0.05, 0) is 42.2 Å². The van der Waals surface area contributed by atoms with E-state index >= 15 is 0 Å². The number of pyridine rings is 1. The summed E-state index contributed by atoms with van der Waals surface area (Å²) in [6, 6.07) is 10.3. The summed E-state index contributed by atoms with van der Waals surface area (Å²) in [5.74, 6) is -0.223. The maximum atomic E-state index is 12.8. The highest BCUT2D eigenvalue weighted by atomic mass is 19.1. The predicted molar refractivity (Wildman–Crippen MR) is 70.6 cm³/mol. The zero-order valence-electron chi connectivity index (χ0n) is 10.4. The molecule has 0 radical (unpaired) electrons. The largest absolute Gasteiger partial charge is 0.322 e. The third-order valence-electron chi connectivity index (χ3n) is 3.03. The zero-order chi connectivity index (χ0) is 13.0. The molecule has 2 N–H and O–H groups in total. The molecule has 94 valence electrons. The maximum Gasteiger partial charge on any atom is 0.123 e. The summed E-state index contributed by atoms with van der Waals surface area (Å²) < 4.78 is 12.8. The smallest absolute Gasteiger partial charge is 0.123 e. The lowest BCUT2D eigenvalue weighted by atomic mass is 9.99. The Hall–Kier alpha value is -1.74. The minimum Gasteiger partial charge on any atom is -0.322 e. The molecule has 2 rings (SSSR count). The van der Waals surface area contributed by atoms with Crippen molar-refractivity contribution in [2.45, 2.75) is 25.8 Å². The molecule has 1 aromatic heterocycles. The van der Waals surface area contributed by atoms with E-state index in [-0.39, 0.29) is 11.9 Å². The van der Waals surface area contributed by atoms with Crippen molar-refractivity contribution < 1.29 is 4.39 Å². The predicted octanol–water partition coefficient (Wildman–Crippen LogP) is 3.03. The SMILES string of the molecule is CCc1cccnc1C(N)Cc1ccc(F)cc1. The quantitative estimate of drug-likeness (QED) is 0.897.